The van der Waals surface area contributed by atoms with Crippen molar-refractivity contribution < 1.29 is 14.7 Å². The van der Waals surface area contributed by atoms with Crippen molar-refractivity contribution >= 4 is 11.9 Å². The molecule has 6 heteroatoms. The second-order valence-corrected chi connectivity index (χ2v) is 6.84. The third-order valence-corrected chi connectivity index (χ3v) is 4.61. The van der Waals surface area contributed by atoms with Gasteiger partial charge in [-0.15, -0.1) is 0 Å². The minimum Gasteiger partial charge on any atom is -0.481 e. The van der Waals surface area contributed by atoms with Crippen molar-refractivity contribution in [3.63, 3.8) is 0 Å². The highest BCUT2D eigenvalue weighted by molar-refractivity contribution is 5.77. The summed E-state index contributed by atoms with van der Waals surface area (Å²) in [6.45, 7) is 8.47. The van der Waals surface area contributed by atoms with Crippen LogP contribution in [-0.2, 0) is 22.6 Å². The van der Waals surface area contributed by atoms with Crippen molar-refractivity contribution in [3.05, 3.63) is 52.3 Å². The minimum atomic E-state index is -0.908. The first kappa shape index (κ1) is 19.7. The third kappa shape index (κ3) is 5.18. The molecule has 26 heavy (non-hydrogen) atoms. The number of nitrogens with one attached hydrogen (secondary N) is 1. The van der Waals surface area contributed by atoms with E-state index in [2.05, 4.69) is 41.6 Å². The Labute approximate surface area is 154 Å². The number of benzene rings is 1. The van der Waals surface area contributed by atoms with E-state index in [1.54, 1.807) is 6.92 Å². The van der Waals surface area contributed by atoms with E-state index in [0.717, 1.165) is 17.0 Å². The van der Waals surface area contributed by atoms with E-state index in [1.165, 1.54) is 11.1 Å². The standard InChI is InChI=1S/C20H27N3O3/c1-13-5-7-17(8-6-13)12-23-16(4)18(15(3)22-23)9-10-19(24)21-11-14(2)20(25)26/h5-8,14H,9-12H2,1-4H3,(H,21,24)(H,25,26). The smallest absolute Gasteiger partial charge is 0.308 e. The number of carbonyl (C=O) groups excluding carboxylic acids is 1. The summed E-state index contributed by atoms with van der Waals surface area (Å²) in [5.41, 5.74) is 5.49. The molecule has 0 aliphatic carbocycles. The Hall–Kier alpha value is -2.63. The van der Waals surface area contributed by atoms with E-state index < -0.39 is 11.9 Å². The third-order valence-electron chi connectivity index (χ3n) is 4.61. The predicted octanol–water partition coefficient (Wildman–Crippen LogP) is 2.63. The predicted molar refractivity (Wildman–Crippen MR) is 100 cm³/mol. The molecule has 1 amide bonds. The number of rotatable bonds is 8. The van der Waals surface area contributed by atoms with Gasteiger partial charge in [-0.3, -0.25) is 14.3 Å². The number of aliphatic carboxylic acids is 1. The molecule has 2 N–H and O–H groups in total. The molecule has 1 heterocycles. The van der Waals surface area contributed by atoms with E-state index in [9.17, 15) is 9.59 Å². The lowest BCUT2D eigenvalue weighted by atomic mass is 10.1. The van der Waals surface area contributed by atoms with E-state index in [0.29, 0.717) is 19.4 Å². The van der Waals surface area contributed by atoms with Gasteiger partial charge in [0, 0.05) is 18.7 Å². The zero-order chi connectivity index (χ0) is 19.3. The molecule has 0 saturated heterocycles. The van der Waals surface area contributed by atoms with Crippen molar-refractivity contribution in [1.82, 2.24) is 15.1 Å². The van der Waals surface area contributed by atoms with Gasteiger partial charge in [-0.1, -0.05) is 36.8 Å². The number of carboxylic acids is 1. The molecule has 0 aliphatic heterocycles. The fourth-order valence-electron chi connectivity index (χ4n) is 2.80. The van der Waals surface area contributed by atoms with Crippen LogP contribution in [0.4, 0.5) is 0 Å². The van der Waals surface area contributed by atoms with E-state index in [-0.39, 0.29) is 12.5 Å². The number of hydrogen-bond donors (Lipinski definition) is 2. The molecule has 0 saturated carbocycles. The van der Waals surface area contributed by atoms with Gasteiger partial charge in [0.2, 0.25) is 5.91 Å². The molecular formula is C20H27N3O3. The van der Waals surface area contributed by atoms with Crippen LogP contribution in [0.15, 0.2) is 24.3 Å². The van der Waals surface area contributed by atoms with Gasteiger partial charge in [0.05, 0.1) is 18.2 Å². The Morgan fingerprint density at radius 3 is 2.46 bits per heavy atom. The SMILES string of the molecule is Cc1ccc(Cn2nc(C)c(CCC(=O)NCC(C)C(=O)O)c2C)cc1. The van der Waals surface area contributed by atoms with Gasteiger partial charge >= 0.3 is 5.97 Å². The zero-order valence-corrected chi connectivity index (χ0v) is 15.9. The zero-order valence-electron chi connectivity index (χ0n) is 15.9. The topological polar surface area (TPSA) is 84.2 Å². The molecule has 0 radical (unpaired) electrons. The highest BCUT2D eigenvalue weighted by atomic mass is 16.4. The first-order chi connectivity index (χ1) is 12.3. The molecule has 0 bridgehead atoms. The Morgan fingerprint density at radius 1 is 1.19 bits per heavy atom. The van der Waals surface area contributed by atoms with Crippen molar-refractivity contribution in [2.75, 3.05) is 6.54 Å². The average molecular weight is 357 g/mol. The summed E-state index contributed by atoms with van der Waals surface area (Å²) >= 11 is 0. The van der Waals surface area contributed by atoms with Gasteiger partial charge in [-0.2, -0.15) is 5.10 Å². The molecule has 0 spiro atoms. The fourth-order valence-corrected chi connectivity index (χ4v) is 2.80. The van der Waals surface area contributed by atoms with E-state index in [1.807, 2.05) is 18.5 Å². The van der Waals surface area contributed by atoms with Crippen LogP contribution in [0, 0.1) is 26.7 Å². The molecule has 0 fully saturated rings. The minimum absolute atomic E-state index is 0.136. The lowest BCUT2D eigenvalue weighted by Gasteiger charge is -2.09. The highest BCUT2D eigenvalue weighted by Crippen LogP contribution is 2.17. The summed E-state index contributed by atoms with van der Waals surface area (Å²) in [6.07, 6.45) is 0.920. The Morgan fingerprint density at radius 2 is 1.85 bits per heavy atom. The summed E-state index contributed by atoms with van der Waals surface area (Å²) in [4.78, 5) is 22.8. The molecule has 1 aromatic carbocycles. The number of aromatic nitrogens is 2. The molecule has 6 nitrogen and oxygen atoms in total. The Kier molecular flexibility index (Phi) is 6.55. The van der Waals surface area contributed by atoms with Crippen molar-refractivity contribution in [2.45, 2.75) is 47.1 Å². The molecule has 1 unspecified atom stereocenters. The molecule has 140 valence electrons. The quantitative estimate of drug-likeness (QED) is 0.761. The maximum Gasteiger partial charge on any atom is 0.308 e. The molecule has 0 aliphatic rings. The van der Waals surface area contributed by atoms with Crippen molar-refractivity contribution in [1.29, 1.82) is 0 Å². The van der Waals surface area contributed by atoms with Gasteiger partial charge < -0.3 is 10.4 Å². The molecule has 1 aromatic heterocycles. The van der Waals surface area contributed by atoms with Crippen LogP contribution >= 0.6 is 0 Å². The number of carbonyl (C=O) groups is 2. The maximum atomic E-state index is 12.0. The van der Waals surface area contributed by atoms with Crippen LogP contribution in [0.5, 0.6) is 0 Å². The van der Waals surface area contributed by atoms with Crippen LogP contribution in [0.2, 0.25) is 0 Å². The summed E-state index contributed by atoms with van der Waals surface area (Å²) < 4.78 is 1.97. The molecule has 2 rings (SSSR count). The molecular weight excluding hydrogens is 330 g/mol. The number of carboxylic acid groups (broad SMARTS) is 1. The van der Waals surface area contributed by atoms with Crippen LogP contribution in [0.3, 0.4) is 0 Å². The maximum absolute atomic E-state index is 12.0. The molecule has 2 aromatic rings. The number of hydrogen-bond acceptors (Lipinski definition) is 3. The number of nitrogens with zero attached hydrogens (tertiary/aromatic N) is 2. The average Bonchev–Trinajstić information content (AvgIpc) is 2.86. The largest absolute Gasteiger partial charge is 0.481 e. The van der Waals surface area contributed by atoms with Gasteiger partial charge in [-0.25, -0.2) is 0 Å². The van der Waals surface area contributed by atoms with Crippen LogP contribution in [0.25, 0.3) is 0 Å². The molecule has 1 atom stereocenters. The van der Waals surface area contributed by atoms with Gasteiger partial charge in [0.25, 0.3) is 0 Å². The van der Waals surface area contributed by atoms with Gasteiger partial charge in [0.1, 0.15) is 0 Å². The van der Waals surface area contributed by atoms with Crippen LogP contribution < -0.4 is 5.32 Å². The van der Waals surface area contributed by atoms with Crippen LogP contribution in [0.1, 0.15) is 41.4 Å². The van der Waals surface area contributed by atoms with Gasteiger partial charge in [-0.05, 0) is 38.3 Å². The Bertz CT molecular complexity index is 778. The lowest BCUT2D eigenvalue weighted by Crippen LogP contribution is -2.31. The van der Waals surface area contributed by atoms with Crippen LogP contribution in [-0.4, -0.2) is 33.3 Å². The Balaban J connectivity index is 1.95. The van der Waals surface area contributed by atoms with Crippen molar-refractivity contribution in [2.24, 2.45) is 5.92 Å². The fraction of sp³-hybridized carbons (Fsp3) is 0.450. The first-order valence-corrected chi connectivity index (χ1v) is 8.86. The summed E-state index contributed by atoms with van der Waals surface area (Å²) in [6, 6.07) is 8.37. The lowest BCUT2D eigenvalue weighted by molar-refractivity contribution is -0.141. The van der Waals surface area contributed by atoms with Crippen molar-refractivity contribution in [3.8, 4) is 0 Å². The summed E-state index contributed by atoms with van der Waals surface area (Å²) in [7, 11) is 0. The van der Waals surface area contributed by atoms with E-state index >= 15 is 0 Å². The summed E-state index contributed by atoms with van der Waals surface area (Å²) in [5, 5.41) is 16.1. The van der Waals surface area contributed by atoms with Gasteiger partial charge in [0.15, 0.2) is 0 Å². The highest BCUT2D eigenvalue weighted by Gasteiger charge is 2.15. The second kappa shape index (κ2) is 8.65. The first-order valence-electron chi connectivity index (χ1n) is 8.86. The number of aryl methyl sites for hydroxylation is 2. The summed E-state index contributed by atoms with van der Waals surface area (Å²) in [5.74, 6) is -1.63. The second-order valence-electron chi connectivity index (χ2n) is 6.84. The monoisotopic (exact) mass is 357 g/mol. The number of amides is 1. The van der Waals surface area contributed by atoms with E-state index in [4.69, 9.17) is 5.11 Å². The normalized spacial score (nSPS) is 12.0.